The van der Waals surface area contributed by atoms with E-state index in [-0.39, 0.29) is 42.6 Å². The molecule has 1 amide bonds. The number of carbonyl (C=O) groups is 3. The number of alkyl halides is 4. The lowest BCUT2D eigenvalue weighted by molar-refractivity contribution is -0.141. The summed E-state index contributed by atoms with van der Waals surface area (Å²) in [7, 11) is 1.17. The highest BCUT2D eigenvalue weighted by Crippen LogP contribution is 2.30. The first-order chi connectivity index (χ1) is 17.2. The van der Waals surface area contributed by atoms with Crippen LogP contribution in [-0.4, -0.2) is 64.2 Å². The highest BCUT2D eigenvalue weighted by molar-refractivity contribution is 5.92. The number of rotatable bonds is 6. The van der Waals surface area contributed by atoms with E-state index in [1.54, 1.807) is 20.8 Å². The quantitative estimate of drug-likeness (QED) is 0.395. The Morgan fingerprint density at radius 1 is 1.11 bits per heavy atom. The summed E-state index contributed by atoms with van der Waals surface area (Å²) in [6, 6.07) is 2.45. The van der Waals surface area contributed by atoms with Crippen LogP contribution in [-0.2, 0) is 26.9 Å². The summed E-state index contributed by atoms with van der Waals surface area (Å²) < 4.78 is 62.7. The van der Waals surface area contributed by atoms with Crippen molar-refractivity contribution in [1.29, 1.82) is 0 Å². The number of halogens is 4. The predicted octanol–water partition coefficient (Wildman–Crippen LogP) is 4.80. The van der Waals surface area contributed by atoms with Crippen LogP contribution in [0.15, 0.2) is 30.6 Å². The molecule has 8 nitrogen and oxygen atoms in total. The molecule has 1 saturated heterocycles. The fourth-order valence-electron chi connectivity index (χ4n) is 3.91. The Labute approximate surface area is 211 Å². The third-order valence-electron chi connectivity index (χ3n) is 5.64. The van der Waals surface area contributed by atoms with Crippen molar-refractivity contribution in [2.75, 3.05) is 13.7 Å². The molecule has 1 aliphatic rings. The van der Waals surface area contributed by atoms with Crippen LogP contribution in [0.5, 0.6) is 0 Å². The van der Waals surface area contributed by atoms with Crippen molar-refractivity contribution in [1.82, 2.24) is 14.9 Å². The molecule has 0 radical (unpaired) electrons. The lowest BCUT2D eigenvalue weighted by Gasteiger charge is -2.27. The van der Waals surface area contributed by atoms with Crippen LogP contribution in [0.1, 0.15) is 55.2 Å². The number of methoxy groups -OCH3 is 1. The number of amides is 1. The Bertz CT molecular complexity index is 1160. The highest BCUT2D eigenvalue weighted by Gasteiger charge is 2.41. The number of ether oxygens (including phenoxy) is 2. The standard InChI is InChI=1S/C25H27F4N3O5/c1-24(2,3)37-23(35)32-13-16(26)10-19(32)20(33)7-5-14-9-18(30-12-17(14)22(34)36-4)15-6-8-21(31-11-15)25(27,28)29/h6,8-9,11-12,16,19H,5,7,10,13H2,1-4H3/t16-,19+/m1/s1. The Hall–Kier alpha value is -3.57. The van der Waals surface area contributed by atoms with Crippen LogP contribution in [0.2, 0.25) is 0 Å². The van der Waals surface area contributed by atoms with E-state index in [0.717, 1.165) is 17.2 Å². The SMILES string of the molecule is COC(=O)c1cnc(-c2ccc(C(F)(F)F)nc2)cc1CCC(=O)[C@@H]1C[C@@H](F)CN1C(=O)OC(C)(C)C. The van der Waals surface area contributed by atoms with Gasteiger partial charge in [0.15, 0.2) is 5.78 Å². The number of likely N-dealkylation sites (tertiary alicyclic amines) is 1. The molecule has 3 heterocycles. The summed E-state index contributed by atoms with van der Waals surface area (Å²) in [6.07, 6.45) is -4.85. The van der Waals surface area contributed by atoms with Crippen molar-refractivity contribution in [3.05, 3.63) is 47.4 Å². The summed E-state index contributed by atoms with van der Waals surface area (Å²) in [6.45, 7) is 4.71. The van der Waals surface area contributed by atoms with Crippen molar-refractivity contribution in [2.24, 2.45) is 0 Å². The monoisotopic (exact) mass is 525 g/mol. The minimum atomic E-state index is -4.60. The van der Waals surface area contributed by atoms with Gasteiger partial charge >= 0.3 is 18.2 Å². The van der Waals surface area contributed by atoms with E-state index in [0.29, 0.717) is 5.56 Å². The summed E-state index contributed by atoms with van der Waals surface area (Å²) in [5.74, 6) is -1.14. The normalized spacial score (nSPS) is 18.0. The topological polar surface area (TPSA) is 98.7 Å². The van der Waals surface area contributed by atoms with E-state index < -0.39 is 47.5 Å². The summed E-state index contributed by atoms with van der Waals surface area (Å²) in [5.41, 5.74) is -0.970. The molecular weight excluding hydrogens is 498 g/mol. The zero-order valence-electron chi connectivity index (χ0n) is 20.8. The van der Waals surface area contributed by atoms with Gasteiger partial charge in [-0.1, -0.05) is 0 Å². The molecule has 12 heteroatoms. The molecule has 0 saturated carbocycles. The lowest BCUT2D eigenvalue weighted by atomic mass is 9.98. The Morgan fingerprint density at radius 3 is 2.38 bits per heavy atom. The molecule has 2 aromatic rings. The predicted molar refractivity (Wildman–Crippen MR) is 123 cm³/mol. The first kappa shape index (κ1) is 28.0. The molecule has 0 spiro atoms. The van der Waals surface area contributed by atoms with Crippen LogP contribution in [0.3, 0.4) is 0 Å². The molecule has 200 valence electrons. The van der Waals surface area contributed by atoms with E-state index in [9.17, 15) is 31.9 Å². The molecule has 0 N–H and O–H groups in total. The van der Waals surface area contributed by atoms with E-state index in [1.165, 1.54) is 25.4 Å². The van der Waals surface area contributed by atoms with Gasteiger partial charge in [0.25, 0.3) is 0 Å². The lowest BCUT2D eigenvalue weighted by Crippen LogP contribution is -2.43. The largest absolute Gasteiger partial charge is 0.465 e. The van der Waals surface area contributed by atoms with Gasteiger partial charge in [-0.05, 0) is 51.0 Å². The number of Topliss-reactive ketones (excluding diaryl/α,β-unsaturated/α-hetero) is 1. The number of nitrogens with zero attached hydrogens (tertiary/aromatic N) is 3. The minimum Gasteiger partial charge on any atom is -0.465 e. The van der Waals surface area contributed by atoms with Gasteiger partial charge in [-0.2, -0.15) is 13.2 Å². The Kier molecular flexibility index (Phi) is 8.19. The molecule has 3 rings (SSSR count). The fourth-order valence-corrected chi connectivity index (χ4v) is 3.91. The smallest absolute Gasteiger partial charge is 0.433 e. The van der Waals surface area contributed by atoms with E-state index in [2.05, 4.69) is 9.97 Å². The molecule has 0 bridgehead atoms. The average molecular weight is 525 g/mol. The number of esters is 1. The molecule has 37 heavy (non-hydrogen) atoms. The maximum atomic E-state index is 14.2. The molecule has 1 fully saturated rings. The molecule has 0 aliphatic carbocycles. The second-order valence-corrected chi connectivity index (χ2v) is 9.60. The van der Waals surface area contributed by atoms with Gasteiger partial charge in [-0.25, -0.2) is 14.0 Å². The van der Waals surface area contributed by atoms with Crippen LogP contribution >= 0.6 is 0 Å². The number of hydrogen-bond acceptors (Lipinski definition) is 7. The molecule has 2 aromatic heterocycles. The van der Waals surface area contributed by atoms with Crippen molar-refractivity contribution >= 4 is 17.8 Å². The van der Waals surface area contributed by atoms with E-state index >= 15 is 0 Å². The van der Waals surface area contributed by atoms with E-state index in [4.69, 9.17) is 9.47 Å². The van der Waals surface area contributed by atoms with Gasteiger partial charge in [0.1, 0.15) is 17.5 Å². The Morgan fingerprint density at radius 2 is 1.81 bits per heavy atom. The molecular formula is C25H27F4N3O5. The zero-order chi connectivity index (χ0) is 27.5. The molecule has 2 atom stereocenters. The molecule has 1 aliphatic heterocycles. The van der Waals surface area contributed by atoms with Gasteiger partial charge in [0.2, 0.25) is 0 Å². The third kappa shape index (κ3) is 7.01. The van der Waals surface area contributed by atoms with Crippen molar-refractivity contribution in [3.8, 4) is 11.3 Å². The number of aromatic nitrogens is 2. The van der Waals surface area contributed by atoms with Gasteiger partial charge in [0.05, 0.1) is 31.0 Å². The maximum Gasteiger partial charge on any atom is 0.433 e. The summed E-state index contributed by atoms with van der Waals surface area (Å²) >= 11 is 0. The number of aryl methyl sites for hydroxylation is 1. The third-order valence-corrected chi connectivity index (χ3v) is 5.64. The first-order valence-electron chi connectivity index (χ1n) is 11.5. The van der Waals surface area contributed by atoms with Gasteiger partial charge in [0, 0.05) is 30.8 Å². The second kappa shape index (κ2) is 10.8. The average Bonchev–Trinajstić information content (AvgIpc) is 3.22. The second-order valence-electron chi connectivity index (χ2n) is 9.60. The van der Waals surface area contributed by atoms with Crippen molar-refractivity contribution in [3.63, 3.8) is 0 Å². The van der Waals surface area contributed by atoms with Gasteiger partial charge in [-0.3, -0.25) is 19.7 Å². The van der Waals surface area contributed by atoms with Crippen LogP contribution in [0, 0.1) is 0 Å². The Balaban J connectivity index is 1.82. The number of ketones is 1. The number of hydrogen-bond donors (Lipinski definition) is 0. The zero-order valence-corrected chi connectivity index (χ0v) is 20.8. The highest BCUT2D eigenvalue weighted by atomic mass is 19.4. The summed E-state index contributed by atoms with van der Waals surface area (Å²) in [5, 5.41) is 0. The van der Waals surface area contributed by atoms with Gasteiger partial charge in [-0.15, -0.1) is 0 Å². The van der Waals surface area contributed by atoms with Crippen LogP contribution in [0.4, 0.5) is 22.4 Å². The molecule has 0 aromatic carbocycles. The summed E-state index contributed by atoms with van der Waals surface area (Å²) in [4.78, 5) is 46.4. The first-order valence-corrected chi connectivity index (χ1v) is 11.5. The minimum absolute atomic E-state index is 0.0163. The van der Waals surface area contributed by atoms with Crippen molar-refractivity contribution in [2.45, 2.75) is 64.0 Å². The van der Waals surface area contributed by atoms with Crippen LogP contribution in [0.25, 0.3) is 11.3 Å². The number of carbonyl (C=O) groups excluding carboxylic acids is 3. The van der Waals surface area contributed by atoms with Crippen molar-refractivity contribution < 1.29 is 41.4 Å². The molecule has 0 unspecified atom stereocenters. The fraction of sp³-hybridized carbons (Fsp3) is 0.480. The maximum absolute atomic E-state index is 14.2. The van der Waals surface area contributed by atoms with Gasteiger partial charge < -0.3 is 9.47 Å². The van der Waals surface area contributed by atoms with Crippen LogP contribution < -0.4 is 0 Å². The number of pyridine rings is 2. The van der Waals surface area contributed by atoms with E-state index in [1.807, 2.05) is 0 Å².